The van der Waals surface area contributed by atoms with Crippen LogP contribution in [-0.2, 0) is 0 Å². The van der Waals surface area contributed by atoms with E-state index in [1.54, 1.807) is 0 Å². The number of aromatic nitrogens is 2. The number of thiophene rings is 1. The van der Waals surface area contributed by atoms with E-state index in [4.69, 9.17) is 5.73 Å². The topological polar surface area (TPSA) is 93.6 Å². The smallest absolute Gasteiger partial charge is 0.218 e. The number of anilines is 1. The predicted octanol–water partition coefficient (Wildman–Crippen LogP) is 4.54. The summed E-state index contributed by atoms with van der Waals surface area (Å²) in [6.45, 7) is 0. The zero-order valence-electron chi connectivity index (χ0n) is 12.6. The van der Waals surface area contributed by atoms with E-state index in [9.17, 15) is 4.91 Å². The number of fused-ring (bicyclic) bond motifs is 1. The highest BCUT2D eigenvalue weighted by Crippen LogP contribution is 2.38. The Hall–Kier alpha value is -2.93. The number of rotatable bonds is 3. The Morgan fingerprint density at radius 1 is 1.21 bits per heavy atom. The van der Waals surface area contributed by atoms with Gasteiger partial charge in [-0.2, -0.15) is 0 Å². The van der Waals surface area contributed by atoms with Gasteiger partial charge >= 0.3 is 0 Å². The molecule has 0 amide bonds. The quantitative estimate of drug-likeness (QED) is 0.561. The minimum atomic E-state index is 0.150. The zero-order chi connectivity index (χ0) is 16.5. The minimum Gasteiger partial charge on any atom is -0.399 e. The lowest BCUT2D eigenvalue weighted by Crippen LogP contribution is -1.97. The fourth-order valence-corrected chi connectivity index (χ4v) is 3.59. The number of benzene rings is 1. The second kappa shape index (κ2) is 5.93. The molecule has 7 heteroatoms. The Bertz CT molecular complexity index is 1010. The van der Waals surface area contributed by atoms with Crippen molar-refractivity contribution >= 4 is 45.0 Å². The molecule has 1 aliphatic heterocycles. The second-order valence-corrected chi connectivity index (χ2v) is 6.27. The predicted molar refractivity (Wildman–Crippen MR) is 98.4 cm³/mol. The Morgan fingerprint density at radius 3 is 2.88 bits per heavy atom. The molecule has 0 spiro atoms. The molecule has 0 atom stereocenters. The van der Waals surface area contributed by atoms with Gasteiger partial charge in [-0.15, -0.1) is 16.2 Å². The van der Waals surface area contributed by atoms with Crippen LogP contribution < -0.4 is 5.73 Å². The summed E-state index contributed by atoms with van der Waals surface area (Å²) in [6.07, 6.45) is 5.60. The van der Waals surface area contributed by atoms with Crippen molar-refractivity contribution in [1.82, 2.24) is 9.97 Å². The molecule has 0 bridgehead atoms. The van der Waals surface area contributed by atoms with Crippen LogP contribution in [0, 0.1) is 4.91 Å². The molecule has 3 heterocycles. The standard InChI is InChI=1S/C17H13N5OS/c18-11-5-3-4-10(8-11)12-9-24-15-14(12)20-16(21-17(15)22-23)13-6-1-2-7-19-13/h3-9H,1-2,18H2. The van der Waals surface area contributed by atoms with Crippen LogP contribution in [0.5, 0.6) is 0 Å². The molecule has 118 valence electrons. The molecule has 0 saturated heterocycles. The van der Waals surface area contributed by atoms with E-state index in [1.165, 1.54) is 11.3 Å². The summed E-state index contributed by atoms with van der Waals surface area (Å²) in [4.78, 5) is 24.5. The summed E-state index contributed by atoms with van der Waals surface area (Å²) < 4.78 is 0.673. The fraction of sp³-hybridized carbons (Fsp3) is 0.118. The van der Waals surface area contributed by atoms with Crippen molar-refractivity contribution in [3.63, 3.8) is 0 Å². The largest absolute Gasteiger partial charge is 0.399 e. The molecule has 1 aliphatic rings. The first-order chi connectivity index (χ1) is 11.8. The van der Waals surface area contributed by atoms with Gasteiger partial charge in [-0.1, -0.05) is 18.2 Å². The molecule has 1 aromatic carbocycles. The average Bonchev–Trinajstić information content (AvgIpc) is 3.05. The normalized spacial score (nSPS) is 13.9. The lowest BCUT2D eigenvalue weighted by atomic mass is 10.1. The van der Waals surface area contributed by atoms with Gasteiger partial charge in [0.05, 0.1) is 5.52 Å². The molecule has 0 radical (unpaired) electrons. The van der Waals surface area contributed by atoms with Gasteiger partial charge in [0.25, 0.3) is 0 Å². The van der Waals surface area contributed by atoms with Gasteiger partial charge in [-0.05, 0) is 35.7 Å². The Kier molecular flexibility index (Phi) is 3.62. The summed E-state index contributed by atoms with van der Waals surface area (Å²) in [6, 6.07) is 7.57. The molecular weight excluding hydrogens is 322 g/mol. The van der Waals surface area contributed by atoms with Crippen molar-refractivity contribution < 1.29 is 0 Å². The number of allylic oxidation sites excluding steroid dienone is 1. The van der Waals surface area contributed by atoms with E-state index in [0.717, 1.165) is 24.0 Å². The van der Waals surface area contributed by atoms with E-state index >= 15 is 0 Å². The number of nitrogen functional groups attached to an aromatic ring is 1. The minimum absolute atomic E-state index is 0.150. The third-order valence-corrected chi connectivity index (χ3v) is 4.74. The number of nitrogens with zero attached hydrogens (tertiary/aromatic N) is 4. The molecule has 24 heavy (non-hydrogen) atoms. The molecule has 0 saturated carbocycles. The number of nitroso groups, excluding NO2 is 1. The maximum Gasteiger partial charge on any atom is 0.218 e. The average molecular weight is 335 g/mol. The lowest BCUT2D eigenvalue weighted by Gasteiger charge is -2.07. The third-order valence-electron chi connectivity index (χ3n) is 3.77. The lowest BCUT2D eigenvalue weighted by molar-refractivity contribution is 1.06. The first kappa shape index (κ1) is 14.6. The van der Waals surface area contributed by atoms with Gasteiger partial charge in [0, 0.05) is 22.8 Å². The molecule has 4 rings (SSSR count). The van der Waals surface area contributed by atoms with Gasteiger partial charge in [-0.3, -0.25) is 4.99 Å². The van der Waals surface area contributed by atoms with Gasteiger partial charge in [0.15, 0.2) is 5.82 Å². The highest BCUT2D eigenvalue weighted by molar-refractivity contribution is 7.18. The SMILES string of the molecule is Nc1cccc(-c2csc3c(N=O)nc(C4=CCCC=N4)nc23)c1. The molecule has 2 aromatic heterocycles. The van der Waals surface area contributed by atoms with Crippen molar-refractivity contribution in [1.29, 1.82) is 0 Å². The molecule has 0 fully saturated rings. The van der Waals surface area contributed by atoms with Gasteiger partial charge < -0.3 is 5.73 Å². The molecule has 0 unspecified atom stereocenters. The van der Waals surface area contributed by atoms with Crippen molar-refractivity contribution in [2.24, 2.45) is 10.2 Å². The van der Waals surface area contributed by atoms with Crippen LogP contribution in [0.1, 0.15) is 18.7 Å². The highest BCUT2D eigenvalue weighted by atomic mass is 32.1. The van der Waals surface area contributed by atoms with Gasteiger partial charge in [0.2, 0.25) is 5.82 Å². The number of nitrogens with two attached hydrogens (primary N) is 1. The van der Waals surface area contributed by atoms with E-state index in [0.29, 0.717) is 27.4 Å². The number of aliphatic imine (C=N–C) groups is 1. The zero-order valence-corrected chi connectivity index (χ0v) is 13.5. The first-order valence-electron chi connectivity index (χ1n) is 7.48. The Labute approximate surface area is 141 Å². The number of hydrogen-bond acceptors (Lipinski definition) is 7. The Morgan fingerprint density at radius 2 is 2.12 bits per heavy atom. The molecule has 3 aromatic rings. The van der Waals surface area contributed by atoms with E-state index in [1.807, 2.05) is 41.9 Å². The van der Waals surface area contributed by atoms with Crippen LogP contribution in [0.4, 0.5) is 11.5 Å². The molecular formula is C17H13N5OS. The highest BCUT2D eigenvalue weighted by Gasteiger charge is 2.17. The third kappa shape index (κ3) is 2.48. The van der Waals surface area contributed by atoms with Crippen molar-refractivity contribution in [2.75, 3.05) is 5.73 Å². The van der Waals surface area contributed by atoms with Crippen LogP contribution in [0.25, 0.3) is 27.0 Å². The molecule has 6 nitrogen and oxygen atoms in total. The maximum atomic E-state index is 11.2. The van der Waals surface area contributed by atoms with E-state index < -0.39 is 0 Å². The summed E-state index contributed by atoms with van der Waals surface area (Å²) in [5.74, 6) is 0.577. The molecule has 2 N–H and O–H groups in total. The van der Waals surface area contributed by atoms with E-state index in [2.05, 4.69) is 20.1 Å². The van der Waals surface area contributed by atoms with Crippen LogP contribution >= 0.6 is 11.3 Å². The van der Waals surface area contributed by atoms with E-state index in [-0.39, 0.29) is 5.82 Å². The Balaban J connectivity index is 1.95. The van der Waals surface area contributed by atoms with Crippen LogP contribution in [0.2, 0.25) is 0 Å². The molecule has 0 aliphatic carbocycles. The summed E-state index contributed by atoms with van der Waals surface area (Å²) in [5, 5.41) is 5.03. The summed E-state index contributed by atoms with van der Waals surface area (Å²) in [5.41, 5.74) is 9.80. The summed E-state index contributed by atoms with van der Waals surface area (Å²) >= 11 is 1.40. The first-order valence-corrected chi connectivity index (χ1v) is 8.36. The van der Waals surface area contributed by atoms with Crippen LogP contribution in [0.15, 0.2) is 45.9 Å². The summed E-state index contributed by atoms with van der Waals surface area (Å²) in [7, 11) is 0. The number of hydrogen-bond donors (Lipinski definition) is 1. The fourth-order valence-electron chi connectivity index (χ4n) is 2.65. The monoisotopic (exact) mass is 335 g/mol. The maximum absolute atomic E-state index is 11.2. The van der Waals surface area contributed by atoms with Crippen molar-refractivity contribution in [2.45, 2.75) is 12.8 Å². The van der Waals surface area contributed by atoms with Gasteiger partial charge in [0.1, 0.15) is 10.4 Å². The van der Waals surface area contributed by atoms with Crippen molar-refractivity contribution in [3.8, 4) is 11.1 Å². The van der Waals surface area contributed by atoms with Gasteiger partial charge in [-0.25, -0.2) is 9.97 Å². The second-order valence-electron chi connectivity index (χ2n) is 5.39. The van der Waals surface area contributed by atoms with Crippen LogP contribution in [-0.4, -0.2) is 16.2 Å². The van der Waals surface area contributed by atoms with Crippen LogP contribution in [0.3, 0.4) is 0 Å². The van der Waals surface area contributed by atoms with Crippen molar-refractivity contribution in [3.05, 3.63) is 46.5 Å².